The molecule has 0 bridgehead atoms. The molecule has 0 unspecified atom stereocenters. The topological polar surface area (TPSA) is 78.4 Å². The Morgan fingerprint density at radius 2 is 2.06 bits per heavy atom. The Balaban J connectivity index is 2.41. The molecular weight excluding hydrogens is 236 g/mol. The summed E-state index contributed by atoms with van der Waals surface area (Å²) in [7, 11) is 1.49. The molecule has 0 N–H and O–H groups in total. The number of methoxy groups -OCH3 is 1. The Morgan fingerprint density at radius 3 is 2.56 bits per heavy atom. The molecule has 6 nitrogen and oxygen atoms in total. The average Bonchev–Trinajstić information content (AvgIpc) is 2.82. The second kappa shape index (κ2) is 4.87. The lowest BCUT2D eigenvalue weighted by molar-refractivity contribution is -0.384. The SMILES string of the molecule is CCc1nc(-c2ccc([N+](=O)[O-])cc2)c(OC)o1. The maximum atomic E-state index is 10.6. The van der Waals surface area contributed by atoms with Gasteiger partial charge in [-0.2, -0.15) is 0 Å². The van der Waals surface area contributed by atoms with E-state index in [0.29, 0.717) is 24.0 Å². The highest BCUT2D eigenvalue weighted by atomic mass is 16.6. The number of hydrogen-bond donors (Lipinski definition) is 0. The molecule has 0 aliphatic carbocycles. The first-order chi connectivity index (χ1) is 8.65. The number of oxazole rings is 1. The van der Waals surface area contributed by atoms with Crippen molar-refractivity contribution in [3.8, 4) is 17.2 Å². The Morgan fingerprint density at radius 1 is 1.39 bits per heavy atom. The van der Waals surface area contributed by atoms with Crippen molar-refractivity contribution in [3.05, 3.63) is 40.3 Å². The van der Waals surface area contributed by atoms with Crippen molar-refractivity contribution >= 4 is 5.69 Å². The van der Waals surface area contributed by atoms with Crippen LogP contribution in [0.5, 0.6) is 5.95 Å². The number of rotatable bonds is 4. The molecule has 0 amide bonds. The van der Waals surface area contributed by atoms with Crippen LogP contribution in [0.4, 0.5) is 5.69 Å². The van der Waals surface area contributed by atoms with Crippen LogP contribution < -0.4 is 4.74 Å². The molecule has 2 aromatic rings. The van der Waals surface area contributed by atoms with Gasteiger partial charge in [0.25, 0.3) is 5.69 Å². The molecule has 6 heteroatoms. The third kappa shape index (κ3) is 2.17. The summed E-state index contributed by atoms with van der Waals surface area (Å²) in [5.41, 5.74) is 1.32. The van der Waals surface area contributed by atoms with Crippen LogP contribution in [-0.2, 0) is 6.42 Å². The van der Waals surface area contributed by atoms with Gasteiger partial charge in [-0.15, -0.1) is 0 Å². The van der Waals surface area contributed by atoms with E-state index in [0.717, 1.165) is 5.56 Å². The number of hydrogen-bond acceptors (Lipinski definition) is 5. The van der Waals surface area contributed by atoms with E-state index in [9.17, 15) is 10.1 Å². The van der Waals surface area contributed by atoms with E-state index >= 15 is 0 Å². The fraction of sp³-hybridized carbons (Fsp3) is 0.250. The van der Waals surface area contributed by atoms with Gasteiger partial charge in [-0.05, 0) is 12.1 Å². The first kappa shape index (κ1) is 12.1. The molecule has 0 saturated heterocycles. The number of ether oxygens (including phenoxy) is 1. The summed E-state index contributed by atoms with van der Waals surface area (Å²) in [5, 5.41) is 10.6. The van der Waals surface area contributed by atoms with Crippen LogP contribution in [0.2, 0.25) is 0 Å². The largest absolute Gasteiger partial charge is 0.467 e. The third-order valence-corrected chi connectivity index (χ3v) is 2.48. The highest BCUT2D eigenvalue weighted by Gasteiger charge is 2.15. The number of aromatic nitrogens is 1. The van der Waals surface area contributed by atoms with Crippen molar-refractivity contribution in [3.63, 3.8) is 0 Å². The molecule has 0 fully saturated rings. The van der Waals surface area contributed by atoms with Crippen molar-refractivity contribution in [1.82, 2.24) is 4.98 Å². The van der Waals surface area contributed by atoms with E-state index in [1.807, 2.05) is 6.92 Å². The van der Waals surface area contributed by atoms with Gasteiger partial charge in [0.1, 0.15) is 0 Å². The molecule has 1 aromatic heterocycles. The quantitative estimate of drug-likeness (QED) is 0.614. The number of nitrogens with zero attached hydrogens (tertiary/aromatic N) is 2. The highest BCUT2D eigenvalue weighted by molar-refractivity contribution is 5.65. The van der Waals surface area contributed by atoms with Crippen molar-refractivity contribution < 1.29 is 14.1 Å². The van der Waals surface area contributed by atoms with Gasteiger partial charge < -0.3 is 9.15 Å². The van der Waals surface area contributed by atoms with Gasteiger partial charge in [0, 0.05) is 24.1 Å². The molecular formula is C12H12N2O4. The summed E-state index contributed by atoms with van der Waals surface area (Å²) in [4.78, 5) is 14.4. The van der Waals surface area contributed by atoms with E-state index in [1.165, 1.54) is 19.2 Å². The maximum Gasteiger partial charge on any atom is 0.313 e. The molecule has 0 aliphatic rings. The van der Waals surface area contributed by atoms with Crippen LogP contribution in [0.1, 0.15) is 12.8 Å². The second-order valence-electron chi connectivity index (χ2n) is 3.61. The zero-order chi connectivity index (χ0) is 13.1. The Kier molecular flexibility index (Phi) is 3.27. The number of nitro benzene ring substituents is 1. The fourth-order valence-corrected chi connectivity index (χ4v) is 1.56. The first-order valence-electron chi connectivity index (χ1n) is 5.44. The lowest BCUT2D eigenvalue weighted by Gasteiger charge is -1.98. The summed E-state index contributed by atoms with van der Waals surface area (Å²) in [5.74, 6) is 0.890. The van der Waals surface area contributed by atoms with Crippen LogP contribution in [0.15, 0.2) is 28.7 Å². The monoisotopic (exact) mass is 248 g/mol. The summed E-state index contributed by atoms with van der Waals surface area (Å²) in [6.07, 6.45) is 0.656. The minimum atomic E-state index is -0.443. The first-order valence-corrected chi connectivity index (χ1v) is 5.44. The predicted octanol–water partition coefficient (Wildman–Crippen LogP) is 2.82. The minimum Gasteiger partial charge on any atom is -0.467 e. The standard InChI is InChI=1S/C12H12N2O4/c1-3-10-13-11(12(17-2)18-10)8-4-6-9(7-5-8)14(15)16/h4-7H,3H2,1-2H3. The highest BCUT2D eigenvalue weighted by Crippen LogP contribution is 2.31. The van der Waals surface area contributed by atoms with Gasteiger partial charge in [-0.3, -0.25) is 10.1 Å². The van der Waals surface area contributed by atoms with Crippen molar-refractivity contribution in [2.24, 2.45) is 0 Å². The van der Waals surface area contributed by atoms with E-state index in [4.69, 9.17) is 9.15 Å². The summed E-state index contributed by atoms with van der Waals surface area (Å²) >= 11 is 0. The minimum absolute atomic E-state index is 0.0388. The molecule has 0 spiro atoms. The number of aryl methyl sites for hydroxylation is 1. The normalized spacial score (nSPS) is 10.3. The smallest absolute Gasteiger partial charge is 0.313 e. The van der Waals surface area contributed by atoms with Crippen LogP contribution in [0, 0.1) is 10.1 Å². The number of non-ortho nitro benzene ring substituents is 1. The van der Waals surface area contributed by atoms with E-state index < -0.39 is 4.92 Å². The van der Waals surface area contributed by atoms with E-state index in [1.54, 1.807) is 12.1 Å². The molecule has 94 valence electrons. The molecule has 0 saturated carbocycles. The van der Waals surface area contributed by atoms with Crippen LogP contribution in [0.3, 0.4) is 0 Å². The molecule has 2 rings (SSSR count). The zero-order valence-electron chi connectivity index (χ0n) is 10.0. The lowest BCUT2D eigenvalue weighted by atomic mass is 10.1. The average molecular weight is 248 g/mol. The van der Waals surface area contributed by atoms with Crippen molar-refractivity contribution in [1.29, 1.82) is 0 Å². The molecule has 1 aromatic carbocycles. The third-order valence-electron chi connectivity index (χ3n) is 2.48. The number of benzene rings is 1. The fourth-order valence-electron chi connectivity index (χ4n) is 1.56. The van der Waals surface area contributed by atoms with Gasteiger partial charge in [-0.1, -0.05) is 6.92 Å². The van der Waals surface area contributed by atoms with E-state index in [2.05, 4.69) is 4.98 Å². The van der Waals surface area contributed by atoms with Crippen LogP contribution in [-0.4, -0.2) is 17.0 Å². The second-order valence-corrected chi connectivity index (χ2v) is 3.61. The molecule has 0 atom stereocenters. The van der Waals surface area contributed by atoms with Crippen molar-refractivity contribution in [2.75, 3.05) is 7.11 Å². The predicted molar refractivity (Wildman–Crippen MR) is 64.5 cm³/mol. The van der Waals surface area contributed by atoms with Gasteiger partial charge in [0.2, 0.25) is 0 Å². The molecule has 0 aliphatic heterocycles. The van der Waals surface area contributed by atoms with E-state index in [-0.39, 0.29) is 5.69 Å². The summed E-state index contributed by atoms with van der Waals surface area (Å²) in [6.45, 7) is 1.92. The van der Waals surface area contributed by atoms with Gasteiger partial charge in [-0.25, -0.2) is 4.98 Å². The van der Waals surface area contributed by atoms with Gasteiger partial charge in [0.05, 0.1) is 12.0 Å². The Labute approximate surface area is 103 Å². The maximum absolute atomic E-state index is 10.6. The van der Waals surface area contributed by atoms with Gasteiger partial charge in [0.15, 0.2) is 11.6 Å². The summed E-state index contributed by atoms with van der Waals surface area (Å²) < 4.78 is 10.5. The Bertz CT molecular complexity index is 560. The van der Waals surface area contributed by atoms with Crippen LogP contribution in [0.25, 0.3) is 11.3 Å². The molecule has 18 heavy (non-hydrogen) atoms. The number of nitro groups is 1. The van der Waals surface area contributed by atoms with Crippen LogP contribution >= 0.6 is 0 Å². The molecule has 1 heterocycles. The lowest BCUT2D eigenvalue weighted by Crippen LogP contribution is -1.89. The van der Waals surface area contributed by atoms with Crippen molar-refractivity contribution in [2.45, 2.75) is 13.3 Å². The Hall–Kier alpha value is -2.37. The van der Waals surface area contributed by atoms with Gasteiger partial charge >= 0.3 is 5.95 Å². The summed E-state index contributed by atoms with van der Waals surface area (Å²) in [6, 6.07) is 6.10. The molecule has 0 radical (unpaired) electrons. The zero-order valence-corrected chi connectivity index (χ0v) is 10.0.